The summed E-state index contributed by atoms with van der Waals surface area (Å²) in [4.78, 5) is 18.1. The van der Waals surface area contributed by atoms with Crippen molar-refractivity contribution in [2.75, 3.05) is 5.32 Å². The fraction of sp³-hybridized carbons (Fsp3) is 0.0455. The molecule has 1 N–H and O–H groups in total. The molecular formula is C22H16ClN5OS. The Labute approximate surface area is 181 Å². The molecule has 0 saturated carbocycles. The number of carbonyl (C=O) groups excluding carboxylic acids is 1. The van der Waals surface area contributed by atoms with Crippen LogP contribution in [0.3, 0.4) is 0 Å². The summed E-state index contributed by atoms with van der Waals surface area (Å²) < 4.78 is 3.69. The Morgan fingerprint density at radius 2 is 1.93 bits per heavy atom. The van der Waals surface area contributed by atoms with E-state index in [9.17, 15) is 4.79 Å². The molecule has 0 atom stereocenters. The van der Waals surface area contributed by atoms with Crippen LogP contribution >= 0.6 is 22.9 Å². The number of aromatic nitrogens is 4. The highest BCUT2D eigenvalue weighted by Crippen LogP contribution is 2.23. The van der Waals surface area contributed by atoms with Crippen LogP contribution in [0.5, 0.6) is 0 Å². The van der Waals surface area contributed by atoms with Crippen LogP contribution in [0, 0.1) is 0 Å². The lowest BCUT2D eigenvalue weighted by Crippen LogP contribution is -2.11. The Balaban J connectivity index is 1.27. The highest BCUT2D eigenvalue weighted by atomic mass is 35.5. The number of benzene rings is 2. The molecule has 5 aromatic rings. The summed E-state index contributed by atoms with van der Waals surface area (Å²) in [6, 6.07) is 15.2. The smallest absolute Gasteiger partial charge is 0.258 e. The quantitative estimate of drug-likeness (QED) is 0.413. The van der Waals surface area contributed by atoms with E-state index in [-0.39, 0.29) is 5.91 Å². The van der Waals surface area contributed by atoms with Crippen molar-refractivity contribution < 1.29 is 4.79 Å². The van der Waals surface area contributed by atoms with Gasteiger partial charge >= 0.3 is 0 Å². The number of rotatable bonds is 5. The minimum atomic E-state index is -0.212. The minimum Gasteiger partial charge on any atom is -0.322 e. The number of nitrogens with one attached hydrogen (secondary N) is 1. The average molecular weight is 434 g/mol. The van der Waals surface area contributed by atoms with Gasteiger partial charge in [0, 0.05) is 40.2 Å². The van der Waals surface area contributed by atoms with E-state index in [4.69, 9.17) is 11.6 Å². The van der Waals surface area contributed by atoms with E-state index < -0.39 is 0 Å². The second-order valence-electron chi connectivity index (χ2n) is 6.77. The van der Waals surface area contributed by atoms with Crippen LogP contribution in [0.25, 0.3) is 16.2 Å². The van der Waals surface area contributed by atoms with Gasteiger partial charge in [0.2, 0.25) is 0 Å². The SMILES string of the molecule is O=C(Nc1ccc(-c2cn3ccsc3n2)cc1)c1cnn(Cc2ccccc2Cl)c1. The van der Waals surface area contributed by atoms with Crippen LogP contribution in [0.4, 0.5) is 5.69 Å². The van der Waals surface area contributed by atoms with E-state index in [2.05, 4.69) is 15.4 Å². The van der Waals surface area contributed by atoms with Crippen molar-refractivity contribution in [1.82, 2.24) is 19.2 Å². The normalized spacial score (nSPS) is 11.1. The predicted octanol–water partition coefficient (Wildman–Crippen LogP) is 5.21. The summed E-state index contributed by atoms with van der Waals surface area (Å²) in [5.41, 5.74) is 4.05. The molecule has 0 spiro atoms. The van der Waals surface area contributed by atoms with Crippen molar-refractivity contribution in [3.05, 3.63) is 94.8 Å². The van der Waals surface area contributed by atoms with Crippen LogP contribution in [-0.2, 0) is 6.54 Å². The van der Waals surface area contributed by atoms with Crippen LogP contribution in [0.2, 0.25) is 5.02 Å². The van der Waals surface area contributed by atoms with Crippen LogP contribution < -0.4 is 5.32 Å². The van der Waals surface area contributed by atoms with Crippen LogP contribution in [0.15, 0.2) is 78.7 Å². The first kappa shape index (κ1) is 18.6. The number of fused-ring (bicyclic) bond motifs is 1. The second kappa shape index (κ2) is 7.78. The van der Waals surface area contributed by atoms with Gasteiger partial charge in [0.15, 0.2) is 4.96 Å². The van der Waals surface area contributed by atoms with Crippen molar-refractivity contribution in [3.63, 3.8) is 0 Å². The maximum absolute atomic E-state index is 12.6. The number of hydrogen-bond donors (Lipinski definition) is 1. The Hall–Kier alpha value is -3.42. The van der Waals surface area contributed by atoms with Gasteiger partial charge in [0.1, 0.15) is 0 Å². The largest absolute Gasteiger partial charge is 0.322 e. The Kier molecular flexibility index (Phi) is 4.82. The molecule has 0 bridgehead atoms. The molecule has 0 aliphatic heterocycles. The fourth-order valence-corrected chi connectivity index (χ4v) is 4.06. The third-order valence-corrected chi connectivity index (χ3v) is 5.86. The Morgan fingerprint density at radius 1 is 1.10 bits per heavy atom. The van der Waals surface area contributed by atoms with Crippen LogP contribution in [-0.4, -0.2) is 25.1 Å². The summed E-state index contributed by atoms with van der Waals surface area (Å²) >= 11 is 7.79. The van der Waals surface area contributed by atoms with Gasteiger partial charge in [-0.15, -0.1) is 11.3 Å². The number of nitrogens with zero attached hydrogens (tertiary/aromatic N) is 4. The molecule has 30 heavy (non-hydrogen) atoms. The van der Waals surface area contributed by atoms with Crippen molar-refractivity contribution in [2.45, 2.75) is 6.54 Å². The number of amides is 1. The molecular weight excluding hydrogens is 418 g/mol. The van der Waals surface area contributed by atoms with Gasteiger partial charge < -0.3 is 5.32 Å². The molecule has 3 aromatic heterocycles. The number of thiazole rings is 1. The summed E-state index contributed by atoms with van der Waals surface area (Å²) in [5.74, 6) is -0.212. The van der Waals surface area contributed by atoms with Crippen molar-refractivity contribution in [1.29, 1.82) is 0 Å². The van der Waals surface area contributed by atoms with Gasteiger partial charge in [-0.05, 0) is 23.8 Å². The molecule has 148 valence electrons. The van der Waals surface area contributed by atoms with Crippen molar-refractivity contribution in [2.24, 2.45) is 0 Å². The topological polar surface area (TPSA) is 64.2 Å². The van der Waals surface area contributed by atoms with Gasteiger partial charge in [-0.3, -0.25) is 13.9 Å². The number of hydrogen-bond acceptors (Lipinski definition) is 4. The third-order valence-electron chi connectivity index (χ3n) is 4.72. The lowest BCUT2D eigenvalue weighted by Gasteiger charge is -2.05. The maximum atomic E-state index is 12.6. The highest BCUT2D eigenvalue weighted by Gasteiger charge is 2.11. The summed E-state index contributed by atoms with van der Waals surface area (Å²) in [6.07, 6.45) is 7.24. The van der Waals surface area contributed by atoms with E-state index in [1.54, 1.807) is 28.4 Å². The monoisotopic (exact) mass is 433 g/mol. The van der Waals surface area contributed by atoms with Gasteiger partial charge in [0.25, 0.3) is 5.91 Å². The molecule has 0 fully saturated rings. The molecule has 0 saturated heterocycles. The molecule has 0 radical (unpaired) electrons. The number of halogens is 1. The van der Waals surface area contributed by atoms with Gasteiger partial charge in [-0.25, -0.2) is 4.98 Å². The minimum absolute atomic E-state index is 0.212. The molecule has 1 amide bonds. The number of imidazole rings is 1. The zero-order chi connectivity index (χ0) is 20.5. The van der Waals surface area contributed by atoms with E-state index in [1.807, 2.05) is 70.7 Å². The first-order valence-electron chi connectivity index (χ1n) is 9.25. The third kappa shape index (κ3) is 3.72. The lowest BCUT2D eigenvalue weighted by molar-refractivity contribution is 0.102. The number of carbonyl (C=O) groups is 1. The second-order valence-corrected chi connectivity index (χ2v) is 8.05. The molecule has 8 heteroatoms. The fourth-order valence-electron chi connectivity index (χ4n) is 3.16. The molecule has 6 nitrogen and oxygen atoms in total. The van der Waals surface area contributed by atoms with Crippen molar-refractivity contribution >= 4 is 39.5 Å². The first-order chi connectivity index (χ1) is 14.7. The van der Waals surface area contributed by atoms with Gasteiger partial charge in [-0.1, -0.05) is 41.9 Å². The Morgan fingerprint density at radius 3 is 2.73 bits per heavy atom. The number of anilines is 1. The molecule has 0 aliphatic rings. The van der Waals surface area contributed by atoms with E-state index in [0.29, 0.717) is 22.8 Å². The lowest BCUT2D eigenvalue weighted by atomic mass is 10.1. The van der Waals surface area contributed by atoms with Crippen LogP contribution in [0.1, 0.15) is 15.9 Å². The molecule has 2 aromatic carbocycles. The molecule has 5 rings (SSSR count). The molecule has 0 aliphatic carbocycles. The maximum Gasteiger partial charge on any atom is 0.258 e. The van der Waals surface area contributed by atoms with E-state index in [0.717, 1.165) is 21.8 Å². The van der Waals surface area contributed by atoms with E-state index in [1.165, 1.54) is 0 Å². The Bertz CT molecular complexity index is 1310. The van der Waals surface area contributed by atoms with E-state index >= 15 is 0 Å². The predicted molar refractivity (Wildman–Crippen MR) is 119 cm³/mol. The van der Waals surface area contributed by atoms with Gasteiger partial charge in [0.05, 0.1) is 24.0 Å². The summed E-state index contributed by atoms with van der Waals surface area (Å²) in [5, 5.41) is 9.86. The standard InChI is InChI=1S/C22H16ClN5OS/c23-19-4-2-1-3-16(19)12-28-13-17(11-24-28)21(29)25-18-7-5-15(6-8-18)20-14-27-9-10-30-22(27)26-20/h1-11,13-14H,12H2,(H,25,29). The van der Waals surface area contributed by atoms with Gasteiger partial charge in [-0.2, -0.15) is 5.10 Å². The zero-order valence-corrected chi connectivity index (χ0v) is 17.3. The summed E-state index contributed by atoms with van der Waals surface area (Å²) in [6.45, 7) is 0.504. The highest BCUT2D eigenvalue weighted by molar-refractivity contribution is 7.15. The first-order valence-corrected chi connectivity index (χ1v) is 10.5. The molecule has 3 heterocycles. The average Bonchev–Trinajstić information content (AvgIpc) is 3.47. The summed E-state index contributed by atoms with van der Waals surface area (Å²) in [7, 11) is 0. The molecule has 0 unspecified atom stereocenters. The zero-order valence-electron chi connectivity index (χ0n) is 15.7. The van der Waals surface area contributed by atoms with Crippen molar-refractivity contribution in [3.8, 4) is 11.3 Å².